The molecule has 0 aliphatic carbocycles. The molecule has 8 heteroatoms. The molecule has 0 spiro atoms. The third kappa shape index (κ3) is 2.17. The normalized spacial score (nSPS) is 10.5. The lowest BCUT2D eigenvalue weighted by Gasteiger charge is -2.05. The number of rotatable bonds is 1. The van der Waals surface area contributed by atoms with Gasteiger partial charge in [-0.2, -0.15) is 4.98 Å². The third-order valence-corrected chi connectivity index (χ3v) is 2.78. The highest BCUT2D eigenvalue weighted by molar-refractivity contribution is 6.43. The van der Waals surface area contributed by atoms with Crippen LogP contribution in [0.5, 0.6) is 5.75 Å². The van der Waals surface area contributed by atoms with Crippen LogP contribution in [0.25, 0.3) is 11.4 Å². The fourth-order valence-electron chi connectivity index (χ4n) is 1.25. The molecule has 3 N–H and O–H groups in total. The van der Waals surface area contributed by atoms with E-state index in [1.54, 1.807) is 0 Å². The summed E-state index contributed by atoms with van der Waals surface area (Å²) in [7, 11) is 0. The van der Waals surface area contributed by atoms with Gasteiger partial charge in [0.25, 0.3) is 0 Å². The predicted octanol–water partition coefficient (Wildman–Crippen LogP) is 1.14. The average Bonchev–Trinajstić information content (AvgIpc) is 2.24. The summed E-state index contributed by atoms with van der Waals surface area (Å²) >= 11 is 11.4. The number of hydrogen-bond acceptors (Lipinski definition) is 4. The standard InChI is InChI=1S/C9H5Cl2N3O3/c10-4-2-1-3(6(15)5(4)11)7-12-8(16)14-9(17)13-7/h1-2,15H,(H2,12,13,14,16,17). The van der Waals surface area contributed by atoms with Crippen LogP contribution in [-0.4, -0.2) is 20.1 Å². The summed E-state index contributed by atoms with van der Waals surface area (Å²) in [6.07, 6.45) is 0. The van der Waals surface area contributed by atoms with Crippen molar-refractivity contribution in [2.24, 2.45) is 0 Å². The summed E-state index contributed by atoms with van der Waals surface area (Å²) in [6, 6.07) is 2.81. The summed E-state index contributed by atoms with van der Waals surface area (Å²) in [5.41, 5.74) is -1.44. The minimum Gasteiger partial charge on any atom is -0.506 e. The van der Waals surface area contributed by atoms with Crippen LogP contribution in [0.1, 0.15) is 0 Å². The predicted molar refractivity (Wildman–Crippen MR) is 62.6 cm³/mol. The Kier molecular flexibility index (Phi) is 2.91. The minimum absolute atomic E-state index is 0.0768. The van der Waals surface area contributed by atoms with Crippen molar-refractivity contribution in [3.05, 3.63) is 43.1 Å². The number of hydrogen-bond donors (Lipinski definition) is 3. The number of aromatic hydroxyl groups is 1. The van der Waals surface area contributed by atoms with E-state index in [9.17, 15) is 14.7 Å². The zero-order valence-electron chi connectivity index (χ0n) is 8.12. The van der Waals surface area contributed by atoms with Gasteiger partial charge in [0.2, 0.25) is 0 Å². The van der Waals surface area contributed by atoms with Crippen molar-refractivity contribution in [2.75, 3.05) is 0 Å². The largest absolute Gasteiger partial charge is 0.506 e. The molecule has 88 valence electrons. The van der Waals surface area contributed by atoms with Gasteiger partial charge in [-0.1, -0.05) is 23.2 Å². The van der Waals surface area contributed by atoms with Crippen molar-refractivity contribution in [3.63, 3.8) is 0 Å². The summed E-state index contributed by atoms with van der Waals surface area (Å²) < 4.78 is 0. The molecule has 1 aromatic carbocycles. The zero-order valence-corrected chi connectivity index (χ0v) is 9.63. The number of phenols is 1. The Hall–Kier alpha value is -1.79. The number of nitrogens with one attached hydrogen (secondary N) is 2. The van der Waals surface area contributed by atoms with E-state index < -0.39 is 11.4 Å². The summed E-state index contributed by atoms with van der Waals surface area (Å²) in [6.45, 7) is 0. The van der Waals surface area contributed by atoms with E-state index in [4.69, 9.17) is 23.2 Å². The summed E-state index contributed by atoms with van der Waals surface area (Å²) in [5, 5.41) is 9.80. The maximum Gasteiger partial charge on any atom is 0.351 e. The highest BCUT2D eigenvalue weighted by atomic mass is 35.5. The monoisotopic (exact) mass is 273 g/mol. The molecule has 0 radical (unpaired) electrons. The molecule has 6 nitrogen and oxygen atoms in total. The highest BCUT2D eigenvalue weighted by Crippen LogP contribution is 2.37. The summed E-state index contributed by atoms with van der Waals surface area (Å²) in [4.78, 5) is 29.8. The topological polar surface area (TPSA) is 98.8 Å². The molecule has 0 amide bonds. The third-order valence-electron chi connectivity index (χ3n) is 1.99. The van der Waals surface area contributed by atoms with E-state index in [2.05, 4.69) is 9.97 Å². The van der Waals surface area contributed by atoms with Crippen molar-refractivity contribution in [1.82, 2.24) is 15.0 Å². The smallest absolute Gasteiger partial charge is 0.351 e. The second-order valence-corrected chi connectivity index (χ2v) is 3.89. The van der Waals surface area contributed by atoms with Gasteiger partial charge in [-0.3, -0.25) is 9.97 Å². The molecule has 0 aliphatic rings. The molecule has 0 unspecified atom stereocenters. The first kappa shape index (κ1) is 11.7. The van der Waals surface area contributed by atoms with Crippen molar-refractivity contribution in [1.29, 1.82) is 0 Å². The Morgan fingerprint density at radius 1 is 1.18 bits per heavy atom. The second-order valence-electron chi connectivity index (χ2n) is 3.10. The van der Waals surface area contributed by atoms with Gasteiger partial charge < -0.3 is 5.11 Å². The molecule has 1 heterocycles. The Morgan fingerprint density at radius 3 is 2.53 bits per heavy atom. The molecule has 2 rings (SSSR count). The van der Waals surface area contributed by atoms with Gasteiger partial charge in [-0.05, 0) is 12.1 Å². The lowest BCUT2D eigenvalue weighted by atomic mass is 10.2. The molecule has 0 saturated heterocycles. The van der Waals surface area contributed by atoms with Crippen molar-refractivity contribution >= 4 is 23.2 Å². The molecular weight excluding hydrogens is 269 g/mol. The molecule has 0 saturated carbocycles. The summed E-state index contributed by atoms with van der Waals surface area (Å²) in [5.74, 6) is -0.442. The molecule has 17 heavy (non-hydrogen) atoms. The molecule has 0 aliphatic heterocycles. The number of benzene rings is 1. The van der Waals surface area contributed by atoms with Crippen LogP contribution in [0, 0.1) is 0 Å². The zero-order chi connectivity index (χ0) is 12.6. The Morgan fingerprint density at radius 2 is 1.88 bits per heavy atom. The molecule has 0 bridgehead atoms. The van der Waals surface area contributed by atoms with E-state index in [-0.39, 0.29) is 27.2 Å². The first-order valence-electron chi connectivity index (χ1n) is 4.37. The Bertz CT molecular complexity index is 664. The van der Waals surface area contributed by atoms with Gasteiger partial charge in [0, 0.05) is 0 Å². The Labute approximate surface area is 104 Å². The van der Waals surface area contributed by atoms with Crippen LogP contribution >= 0.6 is 23.2 Å². The van der Waals surface area contributed by atoms with Crippen LogP contribution in [0.2, 0.25) is 10.0 Å². The van der Waals surface area contributed by atoms with E-state index >= 15 is 0 Å². The van der Waals surface area contributed by atoms with E-state index in [0.29, 0.717) is 0 Å². The first-order valence-corrected chi connectivity index (χ1v) is 5.12. The van der Waals surface area contributed by atoms with Crippen LogP contribution in [0.3, 0.4) is 0 Å². The quantitative estimate of drug-likeness (QED) is 0.726. The van der Waals surface area contributed by atoms with E-state index in [1.807, 2.05) is 4.98 Å². The maximum absolute atomic E-state index is 11.1. The Balaban J connectivity index is 2.73. The van der Waals surface area contributed by atoms with Crippen molar-refractivity contribution in [3.8, 4) is 17.1 Å². The van der Waals surface area contributed by atoms with Gasteiger partial charge in [0.05, 0.1) is 10.6 Å². The highest BCUT2D eigenvalue weighted by Gasteiger charge is 2.13. The maximum atomic E-state index is 11.1. The molecular formula is C9H5Cl2N3O3. The fourth-order valence-corrected chi connectivity index (χ4v) is 1.57. The lowest BCUT2D eigenvalue weighted by Crippen LogP contribution is -2.25. The number of aromatic nitrogens is 3. The minimum atomic E-state index is -0.825. The molecule has 0 atom stereocenters. The van der Waals surface area contributed by atoms with Crippen molar-refractivity contribution in [2.45, 2.75) is 0 Å². The fraction of sp³-hybridized carbons (Fsp3) is 0. The van der Waals surface area contributed by atoms with Crippen LogP contribution in [0.4, 0.5) is 0 Å². The number of H-pyrrole nitrogens is 2. The van der Waals surface area contributed by atoms with Crippen LogP contribution < -0.4 is 11.4 Å². The second kappa shape index (κ2) is 4.23. The van der Waals surface area contributed by atoms with E-state index in [1.165, 1.54) is 12.1 Å². The van der Waals surface area contributed by atoms with E-state index in [0.717, 1.165) is 0 Å². The van der Waals surface area contributed by atoms with Gasteiger partial charge in [-0.15, -0.1) is 0 Å². The molecule has 1 aromatic heterocycles. The SMILES string of the molecule is O=c1nc(-c2ccc(Cl)c(Cl)c2O)[nH]c(=O)[nH]1. The lowest BCUT2D eigenvalue weighted by molar-refractivity contribution is 0.477. The number of halogens is 2. The van der Waals surface area contributed by atoms with Crippen LogP contribution in [-0.2, 0) is 0 Å². The molecule has 2 aromatic rings. The molecule has 0 fully saturated rings. The van der Waals surface area contributed by atoms with Gasteiger partial charge >= 0.3 is 11.4 Å². The number of phenolic OH excluding ortho intramolecular Hbond substituents is 1. The van der Waals surface area contributed by atoms with Gasteiger partial charge in [0.15, 0.2) is 5.82 Å². The van der Waals surface area contributed by atoms with Gasteiger partial charge in [0.1, 0.15) is 10.8 Å². The number of aromatic amines is 2. The van der Waals surface area contributed by atoms with Gasteiger partial charge in [-0.25, -0.2) is 9.59 Å². The first-order chi connectivity index (χ1) is 7.99. The van der Waals surface area contributed by atoms with Crippen LogP contribution in [0.15, 0.2) is 21.7 Å². The van der Waals surface area contributed by atoms with Crippen molar-refractivity contribution < 1.29 is 5.11 Å². The average molecular weight is 274 g/mol. The number of nitrogens with zero attached hydrogens (tertiary/aromatic N) is 1.